The Morgan fingerprint density at radius 3 is 2.50 bits per heavy atom. The summed E-state index contributed by atoms with van der Waals surface area (Å²) >= 11 is 0. The molecule has 0 aliphatic heterocycles. The molecule has 0 saturated heterocycles. The van der Waals surface area contributed by atoms with Crippen LogP contribution in [0.4, 0.5) is 0 Å². The van der Waals surface area contributed by atoms with E-state index in [1.165, 1.54) is 0 Å². The molecule has 0 spiro atoms. The summed E-state index contributed by atoms with van der Waals surface area (Å²) in [6.45, 7) is 0. The Bertz CT molecular complexity index is 395. The minimum Gasteiger partial charge on any atom is -0.411 e. The van der Waals surface area contributed by atoms with Crippen molar-refractivity contribution in [1.29, 1.82) is 0 Å². The highest BCUT2D eigenvalue weighted by atomic mass is 16.4. The second-order valence-corrected chi connectivity index (χ2v) is 3.95. The first-order valence-corrected chi connectivity index (χ1v) is 4.67. The van der Waals surface area contributed by atoms with Crippen molar-refractivity contribution in [3.05, 3.63) is 24.3 Å². The molecule has 0 aromatic carbocycles. The summed E-state index contributed by atoms with van der Waals surface area (Å²) < 4.78 is 0. The van der Waals surface area contributed by atoms with E-state index in [-0.39, 0.29) is 17.8 Å². The van der Waals surface area contributed by atoms with Crippen molar-refractivity contribution in [2.45, 2.75) is 0 Å². The highest BCUT2D eigenvalue weighted by Crippen LogP contribution is 2.49. The molecule has 3 aliphatic carbocycles. The van der Waals surface area contributed by atoms with Crippen LogP contribution in [0.25, 0.3) is 0 Å². The van der Waals surface area contributed by atoms with Crippen LogP contribution in [0.3, 0.4) is 0 Å². The lowest BCUT2D eigenvalue weighted by molar-refractivity contribution is 0.312. The summed E-state index contributed by atoms with van der Waals surface area (Å²) in [5.74, 6) is 0.823. The van der Waals surface area contributed by atoms with Gasteiger partial charge in [0.05, 0.1) is 11.4 Å². The van der Waals surface area contributed by atoms with Crippen molar-refractivity contribution in [3.8, 4) is 0 Å². The average molecular weight is 190 g/mol. The Balaban J connectivity index is 2.08. The van der Waals surface area contributed by atoms with E-state index in [1.54, 1.807) is 0 Å². The fourth-order valence-electron chi connectivity index (χ4n) is 2.93. The molecule has 4 heteroatoms. The van der Waals surface area contributed by atoms with Crippen LogP contribution in [0.5, 0.6) is 0 Å². The Kier molecular flexibility index (Phi) is 1.37. The van der Waals surface area contributed by atoms with E-state index in [0.717, 1.165) is 5.71 Å². The standard InChI is InChI=1S/C10H10N2O2/c13-11-8-4-3-5-6-1-2-7(9(5)8)10(6)12-14/h1-7,9,13-14H/b11-8+,12-10-/t5-,6-,7+,9+/m1/s1. The van der Waals surface area contributed by atoms with Crippen LogP contribution < -0.4 is 0 Å². The normalized spacial score (nSPS) is 48.3. The van der Waals surface area contributed by atoms with Crippen molar-refractivity contribution < 1.29 is 10.4 Å². The molecule has 4 atom stereocenters. The zero-order valence-electron chi connectivity index (χ0n) is 7.41. The molecule has 0 unspecified atom stereocenters. The quantitative estimate of drug-likeness (QED) is 0.343. The van der Waals surface area contributed by atoms with Gasteiger partial charge in [0.15, 0.2) is 0 Å². The van der Waals surface area contributed by atoms with Crippen molar-refractivity contribution in [2.75, 3.05) is 0 Å². The lowest BCUT2D eigenvalue weighted by Crippen LogP contribution is -2.20. The van der Waals surface area contributed by atoms with Gasteiger partial charge in [-0.25, -0.2) is 0 Å². The maximum absolute atomic E-state index is 8.88. The van der Waals surface area contributed by atoms with Gasteiger partial charge >= 0.3 is 0 Å². The molecule has 1 saturated carbocycles. The summed E-state index contributed by atoms with van der Waals surface area (Å²) in [4.78, 5) is 0. The third-order valence-corrected chi connectivity index (χ3v) is 3.49. The summed E-state index contributed by atoms with van der Waals surface area (Å²) in [7, 11) is 0. The number of hydrogen-bond donors (Lipinski definition) is 2. The van der Waals surface area contributed by atoms with Crippen LogP contribution in [-0.2, 0) is 0 Å². The van der Waals surface area contributed by atoms with Gasteiger partial charge in [-0.2, -0.15) is 0 Å². The lowest BCUT2D eigenvalue weighted by atomic mass is 9.85. The van der Waals surface area contributed by atoms with Crippen LogP contribution >= 0.6 is 0 Å². The number of allylic oxidation sites excluding steroid dienone is 4. The monoisotopic (exact) mass is 190 g/mol. The highest BCUT2D eigenvalue weighted by Gasteiger charge is 2.52. The number of rotatable bonds is 0. The summed E-state index contributed by atoms with van der Waals surface area (Å²) in [6, 6.07) is 0. The number of fused-ring (bicyclic) bond motifs is 5. The van der Waals surface area contributed by atoms with E-state index in [4.69, 9.17) is 10.4 Å². The van der Waals surface area contributed by atoms with Crippen molar-refractivity contribution in [2.24, 2.45) is 34.0 Å². The molecule has 0 aromatic rings. The van der Waals surface area contributed by atoms with Crippen LogP contribution in [0.15, 0.2) is 34.6 Å². The van der Waals surface area contributed by atoms with Gasteiger partial charge in [-0.05, 0) is 12.0 Å². The molecule has 72 valence electrons. The topological polar surface area (TPSA) is 65.2 Å². The van der Waals surface area contributed by atoms with Gasteiger partial charge in [0.2, 0.25) is 0 Å². The largest absolute Gasteiger partial charge is 0.411 e. The smallest absolute Gasteiger partial charge is 0.0839 e. The first-order valence-electron chi connectivity index (χ1n) is 4.67. The minimum absolute atomic E-state index is 0.121. The van der Waals surface area contributed by atoms with Gasteiger partial charge in [-0.3, -0.25) is 0 Å². The molecule has 4 nitrogen and oxygen atoms in total. The number of hydrogen-bond acceptors (Lipinski definition) is 4. The third kappa shape index (κ3) is 0.697. The van der Waals surface area contributed by atoms with Gasteiger partial charge in [-0.15, -0.1) is 0 Å². The number of oxime groups is 2. The van der Waals surface area contributed by atoms with Crippen LogP contribution in [0.2, 0.25) is 0 Å². The van der Waals surface area contributed by atoms with E-state index in [0.29, 0.717) is 11.6 Å². The van der Waals surface area contributed by atoms with E-state index in [2.05, 4.69) is 16.4 Å². The first-order chi connectivity index (χ1) is 6.86. The molecule has 2 bridgehead atoms. The lowest BCUT2D eigenvalue weighted by Gasteiger charge is -2.17. The van der Waals surface area contributed by atoms with Crippen LogP contribution in [-0.4, -0.2) is 21.8 Å². The van der Waals surface area contributed by atoms with Gasteiger partial charge in [0.1, 0.15) is 0 Å². The Labute approximate surface area is 80.9 Å². The summed E-state index contributed by atoms with van der Waals surface area (Å²) in [6.07, 6.45) is 8.01. The van der Waals surface area contributed by atoms with Gasteiger partial charge < -0.3 is 10.4 Å². The molecular weight excluding hydrogens is 180 g/mol. The molecule has 2 N–H and O–H groups in total. The van der Waals surface area contributed by atoms with Crippen molar-refractivity contribution >= 4 is 11.4 Å². The van der Waals surface area contributed by atoms with Gasteiger partial charge in [-0.1, -0.05) is 28.5 Å². The summed E-state index contributed by atoms with van der Waals surface area (Å²) in [5, 5.41) is 24.3. The van der Waals surface area contributed by atoms with Crippen LogP contribution in [0, 0.1) is 23.7 Å². The molecule has 3 aliphatic rings. The fourth-order valence-corrected chi connectivity index (χ4v) is 2.93. The Hall–Kier alpha value is -1.58. The van der Waals surface area contributed by atoms with Gasteiger partial charge in [0, 0.05) is 17.8 Å². The Morgan fingerprint density at radius 1 is 1.00 bits per heavy atom. The van der Waals surface area contributed by atoms with E-state index in [1.807, 2.05) is 18.2 Å². The highest BCUT2D eigenvalue weighted by molar-refractivity contribution is 6.09. The third-order valence-electron chi connectivity index (χ3n) is 3.49. The zero-order valence-corrected chi connectivity index (χ0v) is 7.41. The minimum atomic E-state index is 0.121. The van der Waals surface area contributed by atoms with Crippen molar-refractivity contribution in [3.63, 3.8) is 0 Å². The Morgan fingerprint density at radius 2 is 1.79 bits per heavy atom. The maximum atomic E-state index is 8.88. The second kappa shape index (κ2) is 2.47. The predicted molar refractivity (Wildman–Crippen MR) is 50.7 cm³/mol. The molecular formula is C10H10N2O2. The number of nitrogens with zero attached hydrogens (tertiary/aromatic N) is 2. The van der Waals surface area contributed by atoms with Crippen LogP contribution in [0.1, 0.15) is 0 Å². The van der Waals surface area contributed by atoms with E-state index in [9.17, 15) is 0 Å². The SMILES string of the molecule is O/N=C1\[C@H]2C=C[C@@H]1[C@H]1C=C/C(=N\O)[C@@H]12. The maximum Gasteiger partial charge on any atom is 0.0839 e. The van der Waals surface area contributed by atoms with E-state index < -0.39 is 0 Å². The summed E-state index contributed by atoms with van der Waals surface area (Å²) in [5.41, 5.74) is 1.51. The molecule has 0 radical (unpaired) electrons. The molecule has 0 amide bonds. The second-order valence-electron chi connectivity index (χ2n) is 3.95. The molecule has 3 rings (SSSR count). The zero-order chi connectivity index (χ0) is 9.71. The first kappa shape index (κ1) is 7.79. The predicted octanol–water partition coefficient (Wildman–Crippen LogP) is 1.26. The van der Waals surface area contributed by atoms with E-state index >= 15 is 0 Å². The van der Waals surface area contributed by atoms with Gasteiger partial charge in [0.25, 0.3) is 0 Å². The molecule has 0 aromatic heterocycles. The molecule has 1 fully saturated rings. The average Bonchev–Trinajstić information content (AvgIpc) is 2.87. The molecule has 14 heavy (non-hydrogen) atoms. The van der Waals surface area contributed by atoms with Crippen molar-refractivity contribution in [1.82, 2.24) is 0 Å². The fraction of sp³-hybridized carbons (Fsp3) is 0.400. The molecule has 0 heterocycles.